The molecule has 3 rings (SSSR count). The molecule has 1 aliphatic heterocycles. The van der Waals surface area contributed by atoms with Crippen LogP contribution < -0.4 is 0 Å². The highest BCUT2D eigenvalue weighted by atomic mass is 35.5. The number of hydrogen-bond donors (Lipinski definition) is 2. The number of aromatic amines is 1. The minimum Gasteiger partial charge on any atom is -0.481 e. The van der Waals surface area contributed by atoms with Gasteiger partial charge in [0.2, 0.25) is 5.91 Å². The molecule has 0 aliphatic carbocycles. The van der Waals surface area contributed by atoms with E-state index >= 15 is 0 Å². The number of carbonyl (C=O) groups is 2. The van der Waals surface area contributed by atoms with E-state index in [1.54, 1.807) is 17.2 Å². The number of carboxylic acids is 1. The number of nitrogens with one attached hydrogen (secondary N) is 1. The van der Waals surface area contributed by atoms with Crippen LogP contribution in [0.25, 0.3) is 10.9 Å². The van der Waals surface area contributed by atoms with Crippen molar-refractivity contribution in [2.75, 3.05) is 19.7 Å². The van der Waals surface area contributed by atoms with E-state index in [2.05, 4.69) is 4.98 Å². The summed E-state index contributed by atoms with van der Waals surface area (Å²) < 4.78 is 5.60. The fourth-order valence-corrected chi connectivity index (χ4v) is 3.33. The molecule has 2 aromatic rings. The lowest BCUT2D eigenvalue weighted by Crippen LogP contribution is -2.39. The van der Waals surface area contributed by atoms with Gasteiger partial charge in [0.05, 0.1) is 18.9 Å². The van der Waals surface area contributed by atoms with Crippen molar-refractivity contribution in [1.29, 1.82) is 0 Å². The summed E-state index contributed by atoms with van der Waals surface area (Å²) in [5.41, 5.74) is 1.76. The minimum absolute atomic E-state index is 0.000444. The zero-order valence-electron chi connectivity index (χ0n) is 13.8. The average Bonchev–Trinajstić information content (AvgIpc) is 3.21. The summed E-state index contributed by atoms with van der Waals surface area (Å²) in [6.07, 6.45) is 3.84. The van der Waals surface area contributed by atoms with Gasteiger partial charge in [0, 0.05) is 41.8 Å². The van der Waals surface area contributed by atoms with E-state index < -0.39 is 5.97 Å². The third kappa shape index (κ3) is 4.52. The Balaban J connectivity index is 1.72. The van der Waals surface area contributed by atoms with Crippen LogP contribution in [0.1, 0.15) is 24.8 Å². The highest BCUT2D eigenvalue weighted by Gasteiger charge is 2.23. The van der Waals surface area contributed by atoms with Crippen molar-refractivity contribution >= 4 is 34.4 Å². The molecule has 6 nitrogen and oxygen atoms in total. The SMILES string of the molecule is O=C(O)CCN(CC1CCCO1)C(=O)Cc1c[nH]c2cc(Cl)ccc12. The number of H-pyrrole nitrogens is 1. The third-order valence-corrected chi connectivity index (χ3v) is 4.70. The first-order valence-corrected chi connectivity index (χ1v) is 8.77. The van der Waals surface area contributed by atoms with Crippen molar-refractivity contribution < 1.29 is 19.4 Å². The number of rotatable bonds is 7. The van der Waals surface area contributed by atoms with Crippen LogP contribution in [0.15, 0.2) is 24.4 Å². The van der Waals surface area contributed by atoms with Gasteiger partial charge in [0.1, 0.15) is 0 Å². The Labute approximate surface area is 150 Å². The Kier molecular flexibility index (Phi) is 5.60. The van der Waals surface area contributed by atoms with Crippen LogP contribution in [0, 0.1) is 0 Å². The van der Waals surface area contributed by atoms with Crippen LogP contribution in [0.3, 0.4) is 0 Å². The first-order valence-electron chi connectivity index (χ1n) is 8.39. The number of aromatic nitrogens is 1. The van der Waals surface area contributed by atoms with E-state index in [4.69, 9.17) is 21.4 Å². The van der Waals surface area contributed by atoms with Crippen molar-refractivity contribution in [3.05, 3.63) is 35.0 Å². The summed E-state index contributed by atoms with van der Waals surface area (Å²) in [6, 6.07) is 5.50. The van der Waals surface area contributed by atoms with Gasteiger partial charge >= 0.3 is 5.97 Å². The van der Waals surface area contributed by atoms with Crippen LogP contribution in [-0.4, -0.2) is 52.7 Å². The summed E-state index contributed by atoms with van der Waals surface area (Å²) in [6.45, 7) is 1.34. The van der Waals surface area contributed by atoms with Gasteiger partial charge in [-0.15, -0.1) is 0 Å². The highest BCUT2D eigenvalue weighted by molar-refractivity contribution is 6.31. The van der Waals surface area contributed by atoms with Crippen LogP contribution in [0.2, 0.25) is 5.02 Å². The maximum Gasteiger partial charge on any atom is 0.305 e. The Morgan fingerprint density at radius 3 is 2.96 bits per heavy atom. The first kappa shape index (κ1) is 17.8. The van der Waals surface area contributed by atoms with Crippen LogP contribution >= 0.6 is 11.6 Å². The molecule has 25 heavy (non-hydrogen) atoms. The van der Waals surface area contributed by atoms with Gasteiger partial charge in [0.25, 0.3) is 0 Å². The van der Waals surface area contributed by atoms with Gasteiger partial charge in [-0.05, 0) is 30.5 Å². The van der Waals surface area contributed by atoms with E-state index in [0.717, 1.165) is 29.3 Å². The number of amides is 1. The maximum absolute atomic E-state index is 12.8. The fourth-order valence-electron chi connectivity index (χ4n) is 3.16. The molecule has 0 radical (unpaired) electrons. The number of fused-ring (bicyclic) bond motifs is 1. The molecule has 0 spiro atoms. The monoisotopic (exact) mass is 364 g/mol. The standard InChI is InChI=1S/C18H21ClN2O4/c19-13-3-4-15-12(10-20-16(15)9-13)8-17(22)21(6-5-18(23)24)11-14-2-1-7-25-14/h3-4,9-10,14,20H,1-2,5-8,11H2,(H,23,24). The number of halogens is 1. The summed E-state index contributed by atoms with van der Waals surface area (Å²) >= 11 is 5.99. The largest absolute Gasteiger partial charge is 0.481 e. The molecule has 2 N–H and O–H groups in total. The zero-order valence-corrected chi connectivity index (χ0v) is 14.6. The summed E-state index contributed by atoms with van der Waals surface area (Å²) in [4.78, 5) is 28.4. The van der Waals surface area contributed by atoms with Crippen LogP contribution in [0.4, 0.5) is 0 Å². The second-order valence-corrected chi connectivity index (χ2v) is 6.74. The molecule has 7 heteroatoms. The number of aliphatic carboxylic acids is 1. The molecule has 1 fully saturated rings. The van der Waals surface area contributed by atoms with Crippen molar-refractivity contribution in [3.8, 4) is 0 Å². The van der Waals surface area contributed by atoms with E-state index in [1.165, 1.54) is 0 Å². The Morgan fingerprint density at radius 2 is 2.24 bits per heavy atom. The van der Waals surface area contributed by atoms with Crippen molar-refractivity contribution in [2.24, 2.45) is 0 Å². The predicted octanol–water partition coefficient (Wildman–Crippen LogP) is 2.85. The number of carboxylic acid groups (broad SMARTS) is 1. The van der Waals surface area contributed by atoms with Crippen molar-refractivity contribution in [1.82, 2.24) is 9.88 Å². The second-order valence-electron chi connectivity index (χ2n) is 6.30. The Hall–Kier alpha value is -2.05. The molecule has 1 saturated heterocycles. The molecule has 0 saturated carbocycles. The molecule has 1 aromatic heterocycles. The molecule has 1 atom stereocenters. The normalized spacial score (nSPS) is 17.1. The molecule has 1 aromatic carbocycles. The van der Waals surface area contributed by atoms with Gasteiger partial charge in [-0.25, -0.2) is 0 Å². The summed E-state index contributed by atoms with van der Waals surface area (Å²) in [5, 5.41) is 10.5. The fraction of sp³-hybridized carbons (Fsp3) is 0.444. The average molecular weight is 365 g/mol. The van der Waals surface area contributed by atoms with Gasteiger partial charge in [-0.3, -0.25) is 9.59 Å². The van der Waals surface area contributed by atoms with Crippen LogP contribution in [0.5, 0.6) is 0 Å². The lowest BCUT2D eigenvalue weighted by molar-refractivity contribution is -0.139. The molecular weight excluding hydrogens is 344 g/mol. The topological polar surface area (TPSA) is 82.6 Å². The number of nitrogens with zero attached hydrogens (tertiary/aromatic N) is 1. The van der Waals surface area contributed by atoms with E-state index in [9.17, 15) is 9.59 Å². The van der Waals surface area contributed by atoms with E-state index in [0.29, 0.717) is 18.2 Å². The number of hydrogen-bond acceptors (Lipinski definition) is 3. The highest BCUT2D eigenvalue weighted by Crippen LogP contribution is 2.23. The smallest absolute Gasteiger partial charge is 0.305 e. The van der Waals surface area contributed by atoms with Gasteiger partial charge in [-0.1, -0.05) is 17.7 Å². The van der Waals surface area contributed by atoms with Crippen LogP contribution in [-0.2, 0) is 20.7 Å². The molecule has 0 bridgehead atoms. The Morgan fingerprint density at radius 1 is 1.40 bits per heavy atom. The number of carbonyl (C=O) groups excluding carboxylic acids is 1. The van der Waals surface area contributed by atoms with Gasteiger partial charge < -0.3 is 19.7 Å². The van der Waals surface area contributed by atoms with E-state index in [1.807, 2.05) is 12.1 Å². The minimum atomic E-state index is -0.910. The molecular formula is C18H21ClN2O4. The van der Waals surface area contributed by atoms with Crippen molar-refractivity contribution in [2.45, 2.75) is 31.8 Å². The van der Waals surface area contributed by atoms with Crippen molar-refractivity contribution in [3.63, 3.8) is 0 Å². The summed E-state index contributed by atoms with van der Waals surface area (Å²) in [5.74, 6) is -1.00. The third-order valence-electron chi connectivity index (χ3n) is 4.47. The Bertz CT molecular complexity index is 768. The van der Waals surface area contributed by atoms with E-state index in [-0.39, 0.29) is 31.4 Å². The second kappa shape index (κ2) is 7.89. The molecule has 1 unspecified atom stereocenters. The lowest BCUT2D eigenvalue weighted by Gasteiger charge is -2.25. The maximum atomic E-state index is 12.8. The lowest BCUT2D eigenvalue weighted by atomic mass is 10.1. The predicted molar refractivity (Wildman–Crippen MR) is 94.8 cm³/mol. The van der Waals surface area contributed by atoms with Gasteiger partial charge in [-0.2, -0.15) is 0 Å². The number of benzene rings is 1. The quantitative estimate of drug-likeness (QED) is 0.791. The molecule has 1 aliphatic rings. The number of ether oxygens (including phenoxy) is 1. The molecule has 134 valence electrons. The van der Waals surface area contributed by atoms with Gasteiger partial charge in [0.15, 0.2) is 0 Å². The first-order chi connectivity index (χ1) is 12.0. The summed E-state index contributed by atoms with van der Waals surface area (Å²) in [7, 11) is 0. The zero-order chi connectivity index (χ0) is 17.8. The molecule has 1 amide bonds. The molecule has 2 heterocycles.